The number of para-hydroxylation sites is 2. The molecule has 1 amide bonds. The Morgan fingerprint density at radius 2 is 1.81 bits per heavy atom. The van der Waals surface area contributed by atoms with E-state index in [2.05, 4.69) is 5.32 Å². The van der Waals surface area contributed by atoms with Crippen molar-refractivity contribution >= 4 is 17.0 Å². The summed E-state index contributed by atoms with van der Waals surface area (Å²) in [7, 11) is 3.94. The smallest absolute Gasteiger partial charge is 0.408 e. The molecular weight excluding hydrogens is 330 g/mol. The van der Waals surface area contributed by atoms with Crippen LogP contribution < -0.4 is 11.1 Å². The van der Waals surface area contributed by atoms with Crippen LogP contribution in [0.4, 0.5) is 0 Å². The Hall–Kier alpha value is -2.86. The van der Waals surface area contributed by atoms with Gasteiger partial charge < -0.3 is 14.6 Å². The lowest BCUT2D eigenvalue weighted by Gasteiger charge is -2.23. The maximum absolute atomic E-state index is 12.5. The molecule has 0 unspecified atom stereocenters. The normalized spacial score (nSPS) is 12.4. The molecular formula is C20H23N3O3. The number of oxazole rings is 1. The summed E-state index contributed by atoms with van der Waals surface area (Å²) in [5.74, 6) is -0.537. The fourth-order valence-corrected chi connectivity index (χ4v) is 2.99. The summed E-state index contributed by atoms with van der Waals surface area (Å²) in [6.45, 7) is 0.982. The second kappa shape index (κ2) is 8.01. The van der Waals surface area contributed by atoms with Gasteiger partial charge in [-0.25, -0.2) is 4.79 Å². The number of fused-ring (bicyclic) bond motifs is 1. The third-order valence-electron chi connectivity index (χ3n) is 4.22. The van der Waals surface area contributed by atoms with Crippen molar-refractivity contribution < 1.29 is 9.21 Å². The highest BCUT2D eigenvalue weighted by Crippen LogP contribution is 2.15. The average Bonchev–Trinajstić information content (AvgIpc) is 2.95. The van der Waals surface area contributed by atoms with E-state index >= 15 is 0 Å². The largest absolute Gasteiger partial charge is 0.419 e. The highest BCUT2D eigenvalue weighted by atomic mass is 16.4. The number of hydrogen-bond donors (Lipinski definition) is 1. The van der Waals surface area contributed by atoms with E-state index in [9.17, 15) is 9.59 Å². The van der Waals surface area contributed by atoms with Gasteiger partial charge in [-0.05, 0) is 31.8 Å². The minimum Gasteiger partial charge on any atom is -0.408 e. The fraction of sp³-hybridized carbons (Fsp3) is 0.300. The number of nitrogens with one attached hydrogen (secondary N) is 1. The molecule has 1 atom stereocenters. The van der Waals surface area contributed by atoms with Gasteiger partial charge in [0.25, 0.3) is 0 Å². The second-order valence-corrected chi connectivity index (χ2v) is 6.53. The first-order valence-electron chi connectivity index (χ1n) is 8.62. The van der Waals surface area contributed by atoms with Crippen LogP contribution in [0.1, 0.15) is 18.0 Å². The molecule has 0 bridgehead atoms. The predicted octanol–water partition coefficient (Wildman–Crippen LogP) is 2.40. The van der Waals surface area contributed by atoms with E-state index in [1.807, 2.05) is 67.5 Å². The zero-order valence-corrected chi connectivity index (χ0v) is 15.0. The van der Waals surface area contributed by atoms with Crippen molar-refractivity contribution in [1.82, 2.24) is 14.8 Å². The maximum atomic E-state index is 12.5. The third-order valence-corrected chi connectivity index (χ3v) is 4.22. The molecule has 6 nitrogen and oxygen atoms in total. The molecule has 1 N–H and O–H groups in total. The number of aromatic nitrogens is 1. The summed E-state index contributed by atoms with van der Waals surface area (Å²) in [6, 6.07) is 17.0. The van der Waals surface area contributed by atoms with Crippen LogP contribution in [0.5, 0.6) is 0 Å². The Morgan fingerprint density at radius 3 is 2.54 bits per heavy atom. The molecule has 3 aromatic rings. The van der Waals surface area contributed by atoms with E-state index in [0.717, 1.165) is 5.56 Å². The number of carbonyl (C=O) groups excluding carboxylic acids is 1. The number of likely N-dealkylation sites (N-methyl/N-ethyl adjacent to an activating group) is 1. The van der Waals surface area contributed by atoms with Gasteiger partial charge in [0.05, 0.1) is 11.6 Å². The number of carbonyl (C=O) groups is 1. The van der Waals surface area contributed by atoms with Crippen LogP contribution in [0.2, 0.25) is 0 Å². The molecule has 3 rings (SSSR count). The topological polar surface area (TPSA) is 67.5 Å². The SMILES string of the molecule is CN(C)C[C@H](NC(=O)CCn1c(=O)oc2ccccc21)c1ccccc1. The molecule has 6 heteroatoms. The highest BCUT2D eigenvalue weighted by Gasteiger charge is 2.16. The van der Waals surface area contributed by atoms with E-state index < -0.39 is 5.76 Å². The fourth-order valence-electron chi connectivity index (χ4n) is 2.99. The molecule has 26 heavy (non-hydrogen) atoms. The molecule has 0 saturated carbocycles. The van der Waals surface area contributed by atoms with Crippen LogP contribution in [0.25, 0.3) is 11.1 Å². The predicted molar refractivity (Wildman–Crippen MR) is 101 cm³/mol. The number of benzene rings is 2. The average molecular weight is 353 g/mol. The summed E-state index contributed by atoms with van der Waals surface area (Å²) in [5, 5.41) is 3.07. The number of nitrogens with zero attached hydrogens (tertiary/aromatic N) is 2. The zero-order chi connectivity index (χ0) is 18.5. The number of hydrogen-bond acceptors (Lipinski definition) is 4. The minimum atomic E-state index is -0.438. The van der Waals surface area contributed by atoms with Crippen molar-refractivity contribution in [3.8, 4) is 0 Å². The van der Waals surface area contributed by atoms with Crippen LogP contribution in [0.15, 0.2) is 63.8 Å². The first-order chi connectivity index (χ1) is 12.5. The van der Waals surface area contributed by atoms with E-state index in [-0.39, 0.29) is 24.9 Å². The molecule has 0 radical (unpaired) electrons. The molecule has 0 spiro atoms. The van der Waals surface area contributed by atoms with Gasteiger partial charge in [0.15, 0.2) is 5.58 Å². The number of amides is 1. The van der Waals surface area contributed by atoms with Crippen LogP contribution in [-0.4, -0.2) is 36.0 Å². The standard InChI is InChI=1S/C20H23N3O3/c1-22(2)14-16(15-8-4-3-5-9-15)21-19(24)12-13-23-17-10-6-7-11-18(17)26-20(23)25/h3-11,16H,12-14H2,1-2H3,(H,21,24)/t16-/m0/s1. The lowest BCUT2D eigenvalue weighted by Crippen LogP contribution is -2.36. The molecule has 1 aromatic heterocycles. The lowest BCUT2D eigenvalue weighted by atomic mass is 10.1. The molecule has 0 aliphatic heterocycles. The van der Waals surface area contributed by atoms with Gasteiger partial charge in [-0.3, -0.25) is 9.36 Å². The quantitative estimate of drug-likeness (QED) is 0.708. The van der Waals surface area contributed by atoms with Crippen molar-refractivity contribution in [1.29, 1.82) is 0 Å². The molecule has 136 valence electrons. The zero-order valence-electron chi connectivity index (χ0n) is 15.0. The maximum Gasteiger partial charge on any atom is 0.419 e. The first-order valence-corrected chi connectivity index (χ1v) is 8.62. The van der Waals surface area contributed by atoms with Gasteiger partial charge in [0.1, 0.15) is 0 Å². The molecule has 0 aliphatic carbocycles. The van der Waals surface area contributed by atoms with Crippen molar-refractivity contribution in [2.75, 3.05) is 20.6 Å². The molecule has 1 heterocycles. The van der Waals surface area contributed by atoms with E-state index in [4.69, 9.17) is 4.42 Å². The van der Waals surface area contributed by atoms with Crippen molar-refractivity contribution in [3.63, 3.8) is 0 Å². The number of rotatable bonds is 7. The Kier molecular flexibility index (Phi) is 5.53. The van der Waals surface area contributed by atoms with E-state index in [1.165, 1.54) is 4.57 Å². The Labute approximate surface area is 152 Å². The van der Waals surface area contributed by atoms with E-state index in [1.54, 1.807) is 6.07 Å². The monoisotopic (exact) mass is 353 g/mol. The summed E-state index contributed by atoms with van der Waals surface area (Å²) >= 11 is 0. The van der Waals surface area contributed by atoms with Gasteiger partial charge >= 0.3 is 5.76 Å². The molecule has 0 aliphatic rings. The van der Waals surface area contributed by atoms with Crippen LogP contribution in [0, 0.1) is 0 Å². The van der Waals surface area contributed by atoms with Crippen LogP contribution in [0.3, 0.4) is 0 Å². The van der Waals surface area contributed by atoms with Gasteiger partial charge in [-0.15, -0.1) is 0 Å². The molecule has 2 aromatic carbocycles. The molecule has 0 saturated heterocycles. The summed E-state index contributed by atoms with van der Waals surface area (Å²) in [4.78, 5) is 26.5. The summed E-state index contributed by atoms with van der Waals surface area (Å²) in [5.41, 5.74) is 2.30. The summed E-state index contributed by atoms with van der Waals surface area (Å²) in [6.07, 6.45) is 0.209. The van der Waals surface area contributed by atoms with Gasteiger partial charge in [-0.1, -0.05) is 42.5 Å². The second-order valence-electron chi connectivity index (χ2n) is 6.53. The molecule has 0 fully saturated rings. The van der Waals surface area contributed by atoms with Crippen LogP contribution in [-0.2, 0) is 11.3 Å². The first kappa shape index (κ1) is 17.9. The number of aryl methyl sites for hydroxylation is 1. The lowest BCUT2D eigenvalue weighted by molar-refractivity contribution is -0.122. The Balaban J connectivity index is 1.68. The third kappa shape index (κ3) is 4.21. The van der Waals surface area contributed by atoms with Crippen molar-refractivity contribution in [2.24, 2.45) is 0 Å². The van der Waals surface area contributed by atoms with Crippen LogP contribution >= 0.6 is 0 Å². The van der Waals surface area contributed by atoms with Gasteiger partial charge in [-0.2, -0.15) is 0 Å². The van der Waals surface area contributed by atoms with E-state index in [0.29, 0.717) is 17.6 Å². The van der Waals surface area contributed by atoms with Crippen molar-refractivity contribution in [2.45, 2.75) is 19.0 Å². The summed E-state index contributed by atoms with van der Waals surface area (Å²) < 4.78 is 6.70. The highest BCUT2D eigenvalue weighted by molar-refractivity contribution is 5.77. The van der Waals surface area contributed by atoms with Crippen molar-refractivity contribution in [3.05, 3.63) is 70.7 Å². The van der Waals surface area contributed by atoms with Gasteiger partial charge in [0.2, 0.25) is 5.91 Å². The Morgan fingerprint density at radius 1 is 1.12 bits per heavy atom. The van der Waals surface area contributed by atoms with Gasteiger partial charge in [0, 0.05) is 19.5 Å². The Bertz CT molecular complexity index is 928. The minimum absolute atomic E-state index is 0.0992.